The molecule has 18 heavy (non-hydrogen) atoms. The molecule has 0 aliphatic rings. The maximum Gasteiger partial charge on any atom is 0.401 e. The van der Waals surface area contributed by atoms with Crippen LogP contribution in [0.15, 0.2) is 12.1 Å². The van der Waals surface area contributed by atoms with Gasteiger partial charge >= 0.3 is 6.18 Å². The fraction of sp³-hybridized carbons (Fsp3) is 0.462. The third-order valence-corrected chi connectivity index (χ3v) is 2.66. The van der Waals surface area contributed by atoms with Crippen molar-refractivity contribution in [1.82, 2.24) is 5.32 Å². The highest BCUT2D eigenvalue weighted by molar-refractivity contribution is 5.41. The second-order valence-electron chi connectivity index (χ2n) is 4.37. The Balaban J connectivity index is 3.00. The number of hydrogen-bond donors (Lipinski definition) is 1. The Morgan fingerprint density at radius 2 is 1.72 bits per heavy atom. The van der Waals surface area contributed by atoms with Gasteiger partial charge in [-0.15, -0.1) is 0 Å². The summed E-state index contributed by atoms with van der Waals surface area (Å²) in [5.74, 6) is 0. The molecule has 5 heteroatoms. The monoisotopic (exact) mass is 256 g/mol. The van der Waals surface area contributed by atoms with Crippen LogP contribution in [0, 0.1) is 32.1 Å². The number of rotatable bonds is 3. The molecule has 0 saturated carbocycles. The SMILES string of the molecule is Cc1cc(C)c(C(C#N)NCC(F)(F)F)c(C)c1. The second-order valence-corrected chi connectivity index (χ2v) is 4.37. The van der Waals surface area contributed by atoms with Gasteiger partial charge < -0.3 is 0 Å². The number of benzene rings is 1. The summed E-state index contributed by atoms with van der Waals surface area (Å²) in [5, 5.41) is 11.3. The van der Waals surface area contributed by atoms with Crippen LogP contribution in [0.3, 0.4) is 0 Å². The van der Waals surface area contributed by atoms with Gasteiger partial charge in [0.25, 0.3) is 0 Å². The molecule has 0 amide bonds. The van der Waals surface area contributed by atoms with Crippen LogP contribution in [0.25, 0.3) is 0 Å². The van der Waals surface area contributed by atoms with E-state index in [1.165, 1.54) is 0 Å². The minimum absolute atomic E-state index is 0.632. The molecule has 1 atom stereocenters. The molecular weight excluding hydrogens is 241 g/mol. The fourth-order valence-electron chi connectivity index (χ4n) is 2.08. The van der Waals surface area contributed by atoms with Crippen LogP contribution >= 0.6 is 0 Å². The number of halogens is 3. The summed E-state index contributed by atoms with van der Waals surface area (Å²) >= 11 is 0. The highest BCUT2D eigenvalue weighted by Gasteiger charge is 2.29. The summed E-state index contributed by atoms with van der Waals surface area (Å²) in [6.07, 6.45) is -4.32. The standard InChI is InChI=1S/C13H15F3N2/c1-8-4-9(2)12(10(3)5-8)11(6-17)18-7-13(14,15)16/h4-5,11,18H,7H2,1-3H3. The van der Waals surface area contributed by atoms with Crippen molar-refractivity contribution in [2.45, 2.75) is 33.0 Å². The van der Waals surface area contributed by atoms with Gasteiger partial charge in [0.1, 0.15) is 6.04 Å². The van der Waals surface area contributed by atoms with E-state index in [0.29, 0.717) is 5.56 Å². The summed E-state index contributed by atoms with van der Waals surface area (Å²) in [7, 11) is 0. The first kappa shape index (κ1) is 14.5. The van der Waals surface area contributed by atoms with Crippen LogP contribution < -0.4 is 5.32 Å². The van der Waals surface area contributed by atoms with E-state index in [1.54, 1.807) is 13.8 Å². The largest absolute Gasteiger partial charge is 0.401 e. The van der Waals surface area contributed by atoms with E-state index in [9.17, 15) is 13.2 Å². The first-order valence-corrected chi connectivity index (χ1v) is 5.52. The van der Waals surface area contributed by atoms with Gasteiger partial charge in [-0.25, -0.2) is 0 Å². The molecule has 1 aromatic rings. The molecule has 0 spiro atoms. The quantitative estimate of drug-likeness (QED) is 0.900. The normalized spacial score (nSPS) is 13.2. The average Bonchev–Trinajstić information content (AvgIpc) is 2.20. The highest BCUT2D eigenvalue weighted by Crippen LogP contribution is 2.24. The van der Waals surface area contributed by atoms with Gasteiger partial charge in [-0.2, -0.15) is 18.4 Å². The molecule has 0 bridgehead atoms. The topological polar surface area (TPSA) is 35.8 Å². The van der Waals surface area contributed by atoms with Crippen LogP contribution in [0.2, 0.25) is 0 Å². The molecule has 0 heterocycles. The van der Waals surface area contributed by atoms with Gasteiger partial charge in [0.05, 0.1) is 12.6 Å². The maximum atomic E-state index is 12.2. The second kappa shape index (κ2) is 5.40. The fourth-order valence-corrected chi connectivity index (χ4v) is 2.08. The van der Waals surface area contributed by atoms with Crippen LogP contribution in [0.4, 0.5) is 13.2 Å². The lowest BCUT2D eigenvalue weighted by Gasteiger charge is -2.18. The van der Waals surface area contributed by atoms with Gasteiger partial charge in [-0.1, -0.05) is 17.7 Å². The summed E-state index contributed by atoms with van der Waals surface area (Å²) in [5.41, 5.74) is 3.32. The molecule has 98 valence electrons. The molecule has 0 aliphatic carbocycles. The Morgan fingerprint density at radius 1 is 1.22 bits per heavy atom. The van der Waals surface area contributed by atoms with Crippen molar-refractivity contribution >= 4 is 0 Å². The molecule has 1 aromatic carbocycles. The molecule has 1 rings (SSSR count). The van der Waals surface area contributed by atoms with Crippen molar-refractivity contribution in [2.75, 3.05) is 6.54 Å². The first-order valence-electron chi connectivity index (χ1n) is 5.52. The van der Waals surface area contributed by atoms with Crippen LogP contribution in [-0.4, -0.2) is 12.7 Å². The van der Waals surface area contributed by atoms with Crippen molar-refractivity contribution in [2.24, 2.45) is 0 Å². The zero-order valence-corrected chi connectivity index (χ0v) is 10.5. The Bertz CT molecular complexity index is 449. The molecular formula is C13H15F3N2. The third-order valence-electron chi connectivity index (χ3n) is 2.66. The highest BCUT2D eigenvalue weighted by atomic mass is 19.4. The number of nitrogens with one attached hydrogen (secondary N) is 1. The molecule has 0 saturated heterocycles. The molecule has 0 radical (unpaired) electrons. The van der Waals surface area contributed by atoms with Gasteiger partial charge in [0, 0.05) is 0 Å². The lowest BCUT2D eigenvalue weighted by molar-refractivity contribution is -0.125. The third kappa shape index (κ3) is 3.74. The number of aryl methyl sites for hydroxylation is 3. The zero-order chi connectivity index (χ0) is 13.9. The van der Waals surface area contributed by atoms with E-state index in [1.807, 2.05) is 25.1 Å². The van der Waals surface area contributed by atoms with Crippen LogP contribution in [0.5, 0.6) is 0 Å². The van der Waals surface area contributed by atoms with E-state index < -0.39 is 18.8 Å². The summed E-state index contributed by atoms with van der Waals surface area (Å²) in [6.45, 7) is 4.34. The molecule has 1 N–H and O–H groups in total. The Labute approximate surface area is 104 Å². The van der Waals surface area contributed by atoms with Gasteiger partial charge in [-0.05, 0) is 37.5 Å². The zero-order valence-electron chi connectivity index (χ0n) is 10.5. The maximum absolute atomic E-state index is 12.2. The Kier molecular flexibility index (Phi) is 4.36. The molecule has 2 nitrogen and oxygen atoms in total. The molecule has 0 fully saturated rings. The molecule has 1 unspecified atom stereocenters. The van der Waals surface area contributed by atoms with E-state index in [-0.39, 0.29) is 0 Å². The number of nitriles is 1. The summed E-state index contributed by atoms with van der Waals surface area (Å²) in [6, 6.07) is 4.67. The average molecular weight is 256 g/mol. The number of alkyl halides is 3. The minimum Gasteiger partial charge on any atom is -0.290 e. The van der Waals surface area contributed by atoms with Gasteiger partial charge in [0.2, 0.25) is 0 Å². The van der Waals surface area contributed by atoms with Gasteiger partial charge in [-0.3, -0.25) is 5.32 Å². The van der Waals surface area contributed by atoms with Crippen molar-refractivity contribution in [1.29, 1.82) is 5.26 Å². The summed E-state index contributed by atoms with van der Waals surface area (Å²) in [4.78, 5) is 0. The Hall–Kier alpha value is -1.54. The first-order chi connectivity index (χ1) is 8.24. The van der Waals surface area contributed by atoms with Crippen LogP contribution in [-0.2, 0) is 0 Å². The predicted molar refractivity (Wildman–Crippen MR) is 63.1 cm³/mol. The Morgan fingerprint density at radius 3 is 2.11 bits per heavy atom. The lowest BCUT2D eigenvalue weighted by Crippen LogP contribution is -2.32. The smallest absolute Gasteiger partial charge is 0.290 e. The summed E-state index contributed by atoms with van der Waals surface area (Å²) < 4.78 is 36.5. The van der Waals surface area contributed by atoms with E-state index in [0.717, 1.165) is 16.7 Å². The van der Waals surface area contributed by atoms with Crippen molar-refractivity contribution in [3.05, 3.63) is 34.4 Å². The predicted octanol–water partition coefficient (Wildman–Crippen LogP) is 3.33. The minimum atomic E-state index is -4.32. The van der Waals surface area contributed by atoms with Crippen LogP contribution in [0.1, 0.15) is 28.3 Å². The molecule has 0 aliphatic heterocycles. The van der Waals surface area contributed by atoms with E-state index in [2.05, 4.69) is 5.32 Å². The van der Waals surface area contributed by atoms with Crippen molar-refractivity contribution in [3.8, 4) is 6.07 Å². The van der Waals surface area contributed by atoms with E-state index in [4.69, 9.17) is 5.26 Å². The molecule has 0 aromatic heterocycles. The van der Waals surface area contributed by atoms with Crippen molar-refractivity contribution in [3.63, 3.8) is 0 Å². The van der Waals surface area contributed by atoms with Crippen molar-refractivity contribution < 1.29 is 13.2 Å². The van der Waals surface area contributed by atoms with Gasteiger partial charge in [0.15, 0.2) is 0 Å². The number of hydrogen-bond acceptors (Lipinski definition) is 2. The number of nitrogens with zero attached hydrogens (tertiary/aromatic N) is 1. The lowest BCUT2D eigenvalue weighted by atomic mass is 9.94. The van der Waals surface area contributed by atoms with E-state index >= 15 is 0 Å².